The van der Waals surface area contributed by atoms with Crippen LogP contribution in [0.4, 0.5) is 17.1 Å². The van der Waals surface area contributed by atoms with Crippen molar-refractivity contribution >= 4 is 64.7 Å². The summed E-state index contributed by atoms with van der Waals surface area (Å²) in [6, 6.07) is 18.4. The van der Waals surface area contributed by atoms with Crippen LogP contribution in [0.15, 0.2) is 60.7 Å². The molecule has 0 saturated carbocycles. The summed E-state index contributed by atoms with van der Waals surface area (Å²) < 4.78 is 5.53. The first-order valence-electron chi connectivity index (χ1n) is 12.6. The maximum Gasteiger partial charge on any atom is 0.259 e. The number of benzene rings is 3. The normalized spacial score (nSPS) is 13.2. The van der Waals surface area contributed by atoms with Gasteiger partial charge in [-0.1, -0.05) is 18.2 Å². The fourth-order valence-electron chi connectivity index (χ4n) is 4.82. The number of amides is 2. The summed E-state index contributed by atoms with van der Waals surface area (Å²) in [5, 5.41) is 2.93. The van der Waals surface area contributed by atoms with E-state index in [1.54, 1.807) is 36.2 Å². The molecule has 0 aliphatic carbocycles. The number of methoxy groups -OCH3 is 1. The molecule has 0 unspecified atom stereocenters. The molecule has 40 heavy (non-hydrogen) atoms. The molecule has 9 nitrogen and oxygen atoms in total. The van der Waals surface area contributed by atoms with Crippen molar-refractivity contribution in [3.63, 3.8) is 0 Å². The Morgan fingerprint density at radius 2 is 1.73 bits per heavy atom. The van der Waals surface area contributed by atoms with Crippen LogP contribution in [0.25, 0.3) is 11.0 Å². The van der Waals surface area contributed by atoms with E-state index in [0.29, 0.717) is 28.1 Å². The molecule has 0 spiro atoms. The topological polar surface area (TPSA) is 93.8 Å². The molecule has 2 amide bonds. The van der Waals surface area contributed by atoms with Crippen molar-refractivity contribution in [3.05, 3.63) is 77.6 Å². The zero-order chi connectivity index (χ0) is 26.8. The summed E-state index contributed by atoms with van der Waals surface area (Å²) in [5.41, 5.74) is 4.75. The highest BCUT2D eigenvalue weighted by atomic mass is 35.5. The third-order valence-electron chi connectivity index (χ3n) is 6.96. The van der Waals surface area contributed by atoms with Crippen molar-refractivity contribution < 1.29 is 14.3 Å². The maximum atomic E-state index is 13.6. The molecule has 1 aliphatic heterocycles. The van der Waals surface area contributed by atoms with E-state index >= 15 is 0 Å². The SMILES string of the molecule is COc1cc(C(=O)N(C)c2ccccc2N2CCN(C)CC2)ccc1C(=O)Nc1cccc2[nH]c(C)nc12.Cl.Cl. The van der Waals surface area contributed by atoms with Gasteiger partial charge in [-0.15, -0.1) is 24.8 Å². The molecule has 0 bridgehead atoms. The smallest absolute Gasteiger partial charge is 0.259 e. The Kier molecular flexibility index (Phi) is 10.0. The highest BCUT2D eigenvalue weighted by Gasteiger charge is 2.23. The van der Waals surface area contributed by atoms with E-state index in [9.17, 15) is 9.59 Å². The van der Waals surface area contributed by atoms with Crippen molar-refractivity contribution in [2.24, 2.45) is 0 Å². The second-order valence-corrected chi connectivity index (χ2v) is 9.54. The number of hydrogen-bond acceptors (Lipinski definition) is 6. The van der Waals surface area contributed by atoms with Crippen LogP contribution in [0.2, 0.25) is 0 Å². The van der Waals surface area contributed by atoms with Crippen LogP contribution in [0, 0.1) is 6.92 Å². The summed E-state index contributed by atoms with van der Waals surface area (Å²) in [6.45, 7) is 5.62. The fourth-order valence-corrected chi connectivity index (χ4v) is 4.82. The molecule has 2 heterocycles. The lowest BCUT2D eigenvalue weighted by atomic mass is 10.1. The Bertz CT molecular complexity index is 1500. The van der Waals surface area contributed by atoms with Gasteiger partial charge in [-0.05, 0) is 56.4 Å². The van der Waals surface area contributed by atoms with Crippen molar-refractivity contribution in [2.75, 3.05) is 62.5 Å². The molecule has 2 N–H and O–H groups in total. The van der Waals surface area contributed by atoms with Crippen LogP contribution >= 0.6 is 24.8 Å². The van der Waals surface area contributed by atoms with Gasteiger partial charge in [0.25, 0.3) is 11.8 Å². The number of nitrogens with one attached hydrogen (secondary N) is 2. The first-order chi connectivity index (χ1) is 18.4. The second-order valence-electron chi connectivity index (χ2n) is 9.54. The highest BCUT2D eigenvalue weighted by molar-refractivity contribution is 6.11. The number of likely N-dealkylation sites (N-methyl/N-ethyl adjacent to an activating group) is 1. The molecule has 212 valence electrons. The Hall–Kier alpha value is -3.79. The van der Waals surface area contributed by atoms with E-state index in [1.165, 1.54) is 7.11 Å². The number of imidazole rings is 1. The van der Waals surface area contributed by atoms with E-state index in [0.717, 1.165) is 48.9 Å². The van der Waals surface area contributed by atoms with Crippen molar-refractivity contribution in [1.29, 1.82) is 0 Å². The Balaban J connectivity index is 0.00000220. The number of fused-ring (bicyclic) bond motifs is 1. The van der Waals surface area contributed by atoms with Gasteiger partial charge in [0.15, 0.2) is 0 Å². The Morgan fingerprint density at radius 3 is 2.45 bits per heavy atom. The molecule has 5 rings (SSSR count). The standard InChI is InChI=1S/C29H32N6O3.2ClH/c1-19-30-22-8-7-9-23(27(22)31-19)32-28(36)21-13-12-20(18-26(21)38-4)29(37)34(3)24-10-5-6-11-25(24)35-16-14-33(2)15-17-35;;/h5-13,18H,14-17H2,1-4H3,(H,30,31)(H,32,36);2*1H. The minimum atomic E-state index is -0.345. The number of nitrogens with zero attached hydrogens (tertiary/aromatic N) is 4. The number of halogens is 2. The van der Waals surface area contributed by atoms with Gasteiger partial charge in [0.1, 0.15) is 17.1 Å². The lowest BCUT2D eigenvalue weighted by Gasteiger charge is -2.36. The number of aromatic nitrogens is 2. The molecule has 0 radical (unpaired) electrons. The molecular weight excluding hydrogens is 551 g/mol. The van der Waals surface area contributed by atoms with E-state index in [2.05, 4.69) is 38.2 Å². The number of hydrogen-bond donors (Lipinski definition) is 2. The lowest BCUT2D eigenvalue weighted by Crippen LogP contribution is -2.45. The van der Waals surface area contributed by atoms with E-state index < -0.39 is 0 Å². The molecule has 1 saturated heterocycles. The Morgan fingerprint density at radius 1 is 1.00 bits per heavy atom. The third-order valence-corrected chi connectivity index (χ3v) is 6.96. The fraction of sp³-hybridized carbons (Fsp3) is 0.276. The number of anilines is 3. The predicted molar refractivity (Wildman–Crippen MR) is 165 cm³/mol. The van der Waals surface area contributed by atoms with Gasteiger partial charge in [-0.2, -0.15) is 0 Å². The van der Waals surface area contributed by atoms with E-state index in [-0.39, 0.29) is 36.6 Å². The minimum Gasteiger partial charge on any atom is -0.496 e. The molecule has 1 fully saturated rings. The zero-order valence-electron chi connectivity index (χ0n) is 22.9. The van der Waals surface area contributed by atoms with Crippen LogP contribution < -0.4 is 19.9 Å². The number of rotatable bonds is 6. The minimum absolute atomic E-state index is 0. The molecular formula is C29H34Cl2N6O3. The molecule has 1 aromatic heterocycles. The van der Waals surface area contributed by atoms with Crippen molar-refractivity contribution in [1.82, 2.24) is 14.9 Å². The lowest BCUT2D eigenvalue weighted by molar-refractivity contribution is 0.0988. The van der Waals surface area contributed by atoms with Gasteiger partial charge in [-0.25, -0.2) is 4.98 Å². The Labute approximate surface area is 246 Å². The summed E-state index contributed by atoms with van der Waals surface area (Å²) in [4.78, 5) is 40.7. The number of aromatic amines is 1. The van der Waals surface area contributed by atoms with Crippen LogP contribution in [-0.4, -0.2) is 74.1 Å². The van der Waals surface area contributed by atoms with E-state index in [1.807, 2.05) is 37.3 Å². The highest BCUT2D eigenvalue weighted by Crippen LogP contribution is 2.31. The average molecular weight is 586 g/mol. The van der Waals surface area contributed by atoms with Gasteiger partial charge in [0, 0.05) is 38.8 Å². The van der Waals surface area contributed by atoms with E-state index in [4.69, 9.17) is 4.74 Å². The molecule has 1 aliphatic rings. The van der Waals surface area contributed by atoms with Crippen LogP contribution in [0.5, 0.6) is 5.75 Å². The zero-order valence-corrected chi connectivity index (χ0v) is 24.6. The number of carbonyl (C=O) groups excluding carboxylic acids is 2. The molecule has 4 aromatic rings. The summed E-state index contributed by atoms with van der Waals surface area (Å²) in [7, 11) is 5.39. The van der Waals surface area contributed by atoms with Gasteiger partial charge >= 0.3 is 0 Å². The maximum absolute atomic E-state index is 13.6. The van der Waals surface area contributed by atoms with Crippen LogP contribution in [0.3, 0.4) is 0 Å². The van der Waals surface area contributed by atoms with Gasteiger partial charge < -0.3 is 29.7 Å². The quantitative estimate of drug-likeness (QED) is 0.331. The third kappa shape index (κ3) is 6.17. The van der Waals surface area contributed by atoms with Crippen molar-refractivity contribution in [2.45, 2.75) is 6.92 Å². The summed E-state index contributed by atoms with van der Waals surface area (Å²) >= 11 is 0. The van der Waals surface area contributed by atoms with Gasteiger partial charge in [0.2, 0.25) is 0 Å². The monoisotopic (exact) mass is 584 g/mol. The van der Waals surface area contributed by atoms with Gasteiger partial charge in [-0.3, -0.25) is 9.59 Å². The summed E-state index contributed by atoms with van der Waals surface area (Å²) in [6.07, 6.45) is 0. The number of ether oxygens (including phenoxy) is 1. The molecule has 0 atom stereocenters. The van der Waals surface area contributed by atoms with Crippen LogP contribution in [-0.2, 0) is 0 Å². The van der Waals surface area contributed by atoms with Gasteiger partial charge in [0.05, 0.1) is 35.3 Å². The molecule has 11 heteroatoms. The summed E-state index contributed by atoms with van der Waals surface area (Å²) in [5.74, 6) is 0.552. The number of carbonyl (C=O) groups is 2. The largest absolute Gasteiger partial charge is 0.496 e. The number of piperazine rings is 1. The number of aryl methyl sites for hydroxylation is 1. The first kappa shape index (κ1) is 30.7. The van der Waals surface area contributed by atoms with Crippen molar-refractivity contribution in [3.8, 4) is 5.75 Å². The van der Waals surface area contributed by atoms with Crippen LogP contribution in [0.1, 0.15) is 26.5 Å². The number of H-pyrrole nitrogens is 1. The number of para-hydroxylation sites is 3. The predicted octanol–water partition coefficient (Wildman–Crippen LogP) is 5.00. The second kappa shape index (κ2) is 13.0. The first-order valence-corrected chi connectivity index (χ1v) is 12.6. The molecule has 3 aromatic carbocycles. The average Bonchev–Trinajstić information content (AvgIpc) is 3.33.